The van der Waals surface area contributed by atoms with Crippen molar-refractivity contribution < 1.29 is 14.7 Å². The molecule has 1 atom stereocenters. The number of anilines is 1. The second-order valence-corrected chi connectivity index (χ2v) is 6.65. The number of hydrogen-bond acceptors (Lipinski definition) is 3. The third kappa shape index (κ3) is 5.85. The van der Waals surface area contributed by atoms with Crippen LogP contribution in [0, 0.1) is 19.3 Å². The van der Waals surface area contributed by atoms with Crippen molar-refractivity contribution in [3.05, 3.63) is 29.3 Å². The summed E-state index contributed by atoms with van der Waals surface area (Å²) < 4.78 is 0. The Balaban J connectivity index is 2.55. The quantitative estimate of drug-likeness (QED) is 0.729. The predicted octanol–water partition coefficient (Wildman–Crippen LogP) is 2.16. The minimum absolute atomic E-state index is 0.273. The fourth-order valence-corrected chi connectivity index (χ4v) is 2.28. The standard InChI is InChI=1S/C17H26N2O3/c1-11-6-7-14(8-12(11)2)19-16(22)15(21)18-10-17(4,5)9-13(3)20/h6-8,13,20H,9-10H2,1-5H3,(H,18,21)(H,19,22). The van der Waals surface area contributed by atoms with E-state index in [9.17, 15) is 14.7 Å². The Morgan fingerprint density at radius 1 is 1.18 bits per heavy atom. The van der Waals surface area contributed by atoms with Gasteiger partial charge in [-0.1, -0.05) is 19.9 Å². The fraction of sp³-hybridized carbons (Fsp3) is 0.529. The summed E-state index contributed by atoms with van der Waals surface area (Å²) >= 11 is 0. The molecular formula is C17H26N2O3. The van der Waals surface area contributed by atoms with Crippen molar-refractivity contribution in [2.75, 3.05) is 11.9 Å². The highest BCUT2D eigenvalue weighted by molar-refractivity contribution is 6.39. The number of aliphatic hydroxyl groups excluding tert-OH is 1. The van der Waals surface area contributed by atoms with E-state index in [-0.39, 0.29) is 5.41 Å². The molecule has 22 heavy (non-hydrogen) atoms. The molecule has 0 saturated heterocycles. The molecular weight excluding hydrogens is 280 g/mol. The molecule has 1 rings (SSSR count). The van der Waals surface area contributed by atoms with E-state index < -0.39 is 17.9 Å². The summed E-state index contributed by atoms with van der Waals surface area (Å²) in [4.78, 5) is 23.7. The molecule has 3 N–H and O–H groups in total. The van der Waals surface area contributed by atoms with E-state index in [4.69, 9.17) is 0 Å². The number of rotatable bonds is 5. The molecule has 5 nitrogen and oxygen atoms in total. The first kappa shape index (κ1) is 18.2. The van der Waals surface area contributed by atoms with Crippen molar-refractivity contribution in [3.8, 4) is 0 Å². The molecule has 0 aromatic heterocycles. The Morgan fingerprint density at radius 2 is 1.82 bits per heavy atom. The van der Waals surface area contributed by atoms with Gasteiger partial charge in [0, 0.05) is 12.2 Å². The smallest absolute Gasteiger partial charge is 0.313 e. The van der Waals surface area contributed by atoms with Crippen molar-refractivity contribution in [1.82, 2.24) is 5.32 Å². The zero-order chi connectivity index (χ0) is 16.9. The van der Waals surface area contributed by atoms with Crippen LogP contribution in [0.5, 0.6) is 0 Å². The molecule has 0 bridgehead atoms. The Hall–Kier alpha value is -1.88. The first-order chi connectivity index (χ1) is 10.1. The van der Waals surface area contributed by atoms with Gasteiger partial charge in [0.25, 0.3) is 0 Å². The number of hydrogen-bond donors (Lipinski definition) is 3. The first-order valence-corrected chi connectivity index (χ1v) is 7.45. The van der Waals surface area contributed by atoms with E-state index in [0.29, 0.717) is 18.7 Å². The number of aliphatic hydroxyl groups is 1. The minimum atomic E-state index is -0.684. The molecule has 0 radical (unpaired) electrons. The first-order valence-electron chi connectivity index (χ1n) is 7.45. The van der Waals surface area contributed by atoms with Crippen LogP contribution in [0.2, 0.25) is 0 Å². The Bertz CT molecular complexity index is 551. The number of carbonyl (C=O) groups excluding carboxylic acids is 2. The van der Waals surface area contributed by atoms with E-state index in [0.717, 1.165) is 11.1 Å². The van der Waals surface area contributed by atoms with Crippen LogP contribution in [0.3, 0.4) is 0 Å². The van der Waals surface area contributed by atoms with Gasteiger partial charge in [-0.2, -0.15) is 0 Å². The van der Waals surface area contributed by atoms with E-state index in [1.807, 2.05) is 39.8 Å². The van der Waals surface area contributed by atoms with Crippen LogP contribution in [-0.4, -0.2) is 29.6 Å². The van der Waals surface area contributed by atoms with Crippen molar-refractivity contribution >= 4 is 17.5 Å². The van der Waals surface area contributed by atoms with Gasteiger partial charge in [-0.3, -0.25) is 9.59 Å². The maximum absolute atomic E-state index is 11.9. The van der Waals surface area contributed by atoms with Crippen LogP contribution in [0.4, 0.5) is 5.69 Å². The summed E-state index contributed by atoms with van der Waals surface area (Å²) in [6.45, 7) is 9.83. The summed E-state index contributed by atoms with van der Waals surface area (Å²) in [5.41, 5.74) is 2.51. The van der Waals surface area contributed by atoms with Crippen LogP contribution in [0.25, 0.3) is 0 Å². The number of carbonyl (C=O) groups is 2. The van der Waals surface area contributed by atoms with Gasteiger partial charge >= 0.3 is 11.8 Å². The molecule has 0 fully saturated rings. The average molecular weight is 306 g/mol. The van der Waals surface area contributed by atoms with Crippen LogP contribution >= 0.6 is 0 Å². The van der Waals surface area contributed by atoms with Gasteiger partial charge < -0.3 is 15.7 Å². The molecule has 0 aliphatic rings. The third-order valence-electron chi connectivity index (χ3n) is 3.55. The molecule has 5 heteroatoms. The van der Waals surface area contributed by atoms with Gasteiger partial charge in [0.05, 0.1) is 6.10 Å². The van der Waals surface area contributed by atoms with Crippen molar-refractivity contribution in [3.63, 3.8) is 0 Å². The average Bonchev–Trinajstić information content (AvgIpc) is 2.39. The second kappa shape index (κ2) is 7.40. The van der Waals surface area contributed by atoms with E-state index in [1.54, 1.807) is 13.0 Å². The Labute approximate surface area is 132 Å². The maximum atomic E-state index is 11.9. The second-order valence-electron chi connectivity index (χ2n) is 6.65. The number of aryl methyl sites for hydroxylation is 2. The van der Waals surface area contributed by atoms with Crippen molar-refractivity contribution in [2.24, 2.45) is 5.41 Å². The van der Waals surface area contributed by atoms with Gasteiger partial charge in [-0.15, -0.1) is 0 Å². The SMILES string of the molecule is Cc1ccc(NC(=O)C(=O)NCC(C)(C)CC(C)O)cc1C. The third-order valence-corrected chi connectivity index (χ3v) is 3.55. The molecule has 122 valence electrons. The van der Waals surface area contributed by atoms with Gasteiger partial charge in [-0.05, 0) is 55.9 Å². The topological polar surface area (TPSA) is 78.4 Å². The molecule has 1 aromatic rings. The van der Waals surface area contributed by atoms with Gasteiger partial charge in [0.1, 0.15) is 0 Å². The van der Waals surface area contributed by atoms with E-state index >= 15 is 0 Å². The molecule has 0 saturated carbocycles. The lowest BCUT2D eigenvalue weighted by molar-refractivity contribution is -0.136. The van der Waals surface area contributed by atoms with Crippen molar-refractivity contribution in [2.45, 2.75) is 47.1 Å². The van der Waals surface area contributed by atoms with Crippen LogP contribution < -0.4 is 10.6 Å². The highest BCUT2D eigenvalue weighted by Crippen LogP contribution is 2.21. The number of amides is 2. The van der Waals surface area contributed by atoms with Crippen molar-refractivity contribution in [1.29, 1.82) is 0 Å². The Kier molecular flexibility index (Phi) is 6.11. The zero-order valence-electron chi connectivity index (χ0n) is 14.0. The summed E-state index contributed by atoms with van der Waals surface area (Å²) in [6, 6.07) is 5.50. The van der Waals surface area contributed by atoms with Gasteiger partial charge in [-0.25, -0.2) is 0 Å². The summed E-state index contributed by atoms with van der Waals surface area (Å²) in [7, 11) is 0. The van der Waals surface area contributed by atoms with Crippen LogP contribution in [-0.2, 0) is 9.59 Å². The predicted molar refractivity (Wildman–Crippen MR) is 87.6 cm³/mol. The molecule has 0 aliphatic carbocycles. The minimum Gasteiger partial charge on any atom is -0.393 e. The highest BCUT2D eigenvalue weighted by Gasteiger charge is 2.23. The molecule has 0 spiro atoms. The van der Waals surface area contributed by atoms with Crippen LogP contribution in [0.15, 0.2) is 18.2 Å². The summed E-state index contributed by atoms with van der Waals surface area (Å²) in [5.74, 6) is -1.35. The molecule has 0 aliphatic heterocycles. The lowest BCUT2D eigenvalue weighted by atomic mass is 9.87. The lowest BCUT2D eigenvalue weighted by Crippen LogP contribution is -2.41. The normalized spacial score (nSPS) is 12.6. The van der Waals surface area contributed by atoms with Gasteiger partial charge in [0.2, 0.25) is 0 Å². The van der Waals surface area contributed by atoms with Gasteiger partial charge in [0.15, 0.2) is 0 Å². The van der Waals surface area contributed by atoms with E-state index in [2.05, 4.69) is 10.6 Å². The number of benzene rings is 1. The zero-order valence-corrected chi connectivity index (χ0v) is 14.0. The molecule has 1 aromatic carbocycles. The largest absolute Gasteiger partial charge is 0.393 e. The molecule has 2 amide bonds. The fourth-order valence-electron chi connectivity index (χ4n) is 2.28. The van der Waals surface area contributed by atoms with E-state index in [1.165, 1.54) is 0 Å². The summed E-state index contributed by atoms with van der Waals surface area (Å²) in [5, 5.41) is 14.6. The summed E-state index contributed by atoms with van der Waals surface area (Å²) in [6.07, 6.45) is 0.0998. The van der Waals surface area contributed by atoms with Crippen LogP contribution in [0.1, 0.15) is 38.3 Å². The highest BCUT2D eigenvalue weighted by atomic mass is 16.3. The molecule has 0 heterocycles. The lowest BCUT2D eigenvalue weighted by Gasteiger charge is -2.26. The number of nitrogens with one attached hydrogen (secondary N) is 2. The maximum Gasteiger partial charge on any atom is 0.313 e. The molecule has 1 unspecified atom stereocenters. The Morgan fingerprint density at radius 3 is 2.36 bits per heavy atom. The monoisotopic (exact) mass is 306 g/mol.